The van der Waals surface area contributed by atoms with Gasteiger partial charge in [0.25, 0.3) is 0 Å². The molecule has 0 saturated carbocycles. The summed E-state index contributed by atoms with van der Waals surface area (Å²) >= 11 is 1.11. The van der Waals surface area contributed by atoms with Crippen LogP contribution in [0.4, 0.5) is 4.39 Å². The number of benzene rings is 1. The van der Waals surface area contributed by atoms with Crippen LogP contribution < -0.4 is 4.87 Å². The van der Waals surface area contributed by atoms with Gasteiger partial charge >= 0.3 is 4.87 Å². The van der Waals surface area contributed by atoms with Gasteiger partial charge in [0.05, 0.1) is 25.6 Å². The van der Waals surface area contributed by atoms with Crippen LogP contribution in [0.5, 0.6) is 0 Å². The number of thiazole rings is 1. The van der Waals surface area contributed by atoms with E-state index in [2.05, 4.69) is 11.8 Å². The molecule has 0 radical (unpaired) electrons. The number of morpholine rings is 1. The maximum atomic E-state index is 14.0. The molecule has 1 aromatic carbocycles. The Kier molecular flexibility index (Phi) is 4.19. The fraction of sp³-hybridized carbons (Fsp3) is 0.400. The molecule has 1 unspecified atom stereocenters. The van der Waals surface area contributed by atoms with Gasteiger partial charge in [-0.2, -0.15) is 0 Å². The van der Waals surface area contributed by atoms with E-state index in [1.807, 2.05) is 0 Å². The van der Waals surface area contributed by atoms with E-state index >= 15 is 0 Å². The van der Waals surface area contributed by atoms with E-state index < -0.39 is 0 Å². The predicted molar refractivity (Wildman–Crippen MR) is 81.0 cm³/mol. The molecule has 6 heteroatoms. The van der Waals surface area contributed by atoms with Crippen LogP contribution in [0.2, 0.25) is 0 Å². The highest BCUT2D eigenvalue weighted by Gasteiger charge is 2.21. The third-order valence-corrected chi connectivity index (χ3v) is 4.52. The number of hydrogen-bond acceptors (Lipinski definition) is 4. The van der Waals surface area contributed by atoms with Crippen molar-refractivity contribution in [2.45, 2.75) is 19.6 Å². The molecule has 0 bridgehead atoms. The minimum Gasteiger partial charge on any atom is -0.379 e. The lowest BCUT2D eigenvalue weighted by Gasteiger charge is -2.33. The van der Waals surface area contributed by atoms with Gasteiger partial charge in [-0.05, 0) is 19.1 Å². The molecule has 0 N–H and O–H groups in total. The molecule has 2 aromatic rings. The fourth-order valence-corrected chi connectivity index (χ4v) is 3.25. The lowest BCUT2D eigenvalue weighted by atomic mass is 10.1. The van der Waals surface area contributed by atoms with Gasteiger partial charge in [-0.1, -0.05) is 23.5 Å². The lowest BCUT2D eigenvalue weighted by molar-refractivity contribution is -0.0152. The Hall–Kier alpha value is -1.50. The SMILES string of the molecule is CC1COCCN1Cn1c(-c2ccccc2F)csc1=O. The normalized spacial score (nSPS) is 19.8. The number of nitrogens with zero attached hydrogens (tertiary/aromatic N) is 2. The molecular weight excluding hydrogens is 291 g/mol. The summed E-state index contributed by atoms with van der Waals surface area (Å²) < 4.78 is 21.0. The van der Waals surface area contributed by atoms with Crippen molar-refractivity contribution in [3.63, 3.8) is 0 Å². The summed E-state index contributed by atoms with van der Waals surface area (Å²) in [6, 6.07) is 6.80. The summed E-state index contributed by atoms with van der Waals surface area (Å²) in [6.45, 7) is 4.64. The van der Waals surface area contributed by atoms with Crippen LogP contribution in [0.25, 0.3) is 11.3 Å². The summed E-state index contributed by atoms with van der Waals surface area (Å²) in [5, 5.41) is 1.73. The van der Waals surface area contributed by atoms with Gasteiger partial charge in [-0.3, -0.25) is 14.3 Å². The molecule has 1 aromatic heterocycles. The summed E-state index contributed by atoms with van der Waals surface area (Å²) in [5.41, 5.74) is 1.11. The van der Waals surface area contributed by atoms with Gasteiger partial charge in [0.1, 0.15) is 5.82 Å². The zero-order valence-corrected chi connectivity index (χ0v) is 12.6. The van der Waals surface area contributed by atoms with Gasteiger partial charge < -0.3 is 4.74 Å². The van der Waals surface area contributed by atoms with Crippen molar-refractivity contribution in [1.29, 1.82) is 0 Å². The second kappa shape index (κ2) is 6.09. The minimum atomic E-state index is -0.306. The van der Waals surface area contributed by atoms with E-state index in [1.165, 1.54) is 6.07 Å². The number of hydrogen-bond donors (Lipinski definition) is 0. The standard InChI is InChI=1S/C15H17FN2O2S/c1-11-8-20-7-6-17(11)10-18-14(9-21-15(18)19)12-4-2-3-5-13(12)16/h2-5,9,11H,6-8,10H2,1H3. The molecule has 1 saturated heterocycles. The van der Waals surface area contributed by atoms with Crippen molar-refractivity contribution in [1.82, 2.24) is 9.47 Å². The van der Waals surface area contributed by atoms with Gasteiger partial charge in [0.2, 0.25) is 0 Å². The smallest absolute Gasteiger partial charge is 0.308 e. The van der Waals surface area contributed by atoms with Crippen LogP contribution in [0.3, 0.4) is 0 Å². The molecule has 1 fully saturated rings. The Balaban J connectivity index is 1.94. The first-order valence-corrected chi connectivity index (χ1v) is 7.80. The number of rotatable bonds is 3. The molecule has 0 amide bonds. The van der Waals surface area contributed by atoms with Crippen molar-refractivity contribution in [3.8, 4) is 11.3 Å². The number of aromatic nitrogens is 1. The quantitative estimate of drug-likeness (QED) is 0.873. The van der Waals surface area contributed by atoms with Crippen LogP contribution in [0, 0.1) is 5.82 Å². The molecule has 0 spiro atoms. The maximum absolute atomic E-state index is 14.0. The highest BCUT2D eigenvalue weighted by Crippen LogP contribution is 2.23. The first-order valence-electron chi connectivity index (χ1n) is 6.92. The van der Waals surface area contributed by atoms with E-state index in [4.69, 9.17) is 4.74 Å². The van der Waals surface area contributed by atoms with Crippen LogP contribution in [-0.2, 0) is 11.4 Å². The van der Waals surface area contributed by atoms with Crippen molar-refractivity contribution < 1.29 is 9.13 Å². The van der Waals surface area contributed by atoms with Crippen molar-refractivity contribution in [2.75, 3.05) is 19.8 Å². The van der Waals surface area contributed by atoms with Crippen molar-refractivity contribution in [2.24, 2.45) is 0 Å². The minimum absolute atomic E-state index is 0.0630. The Morgan fingerprint density at radius 3 is 3.00 bits per heavy atom. The second-order valence-corrected chi connectivity index (χ2v) is 5.99. The molecule has 2 heterocycles. The van der Waals surface area contributed by atoms with Gasteiger partial charge in [-0.15, -0.1) is 0 Å². The average molecular weight is 308 g/mol. The first kappa shape index (κ1) is 14.4. The molecule has 112 valence electrons. The van der Waals surface area contributed by atoms with Crippen LogP contribution in [-0.4, -0.2) is 35.3 Å². The highest BCUT2D eigenvalue weighted by molar-refractivity contribution is 7.07. The third kappa shape index (κ3) is 2.92. The Bertz CT molecular complexity index is 682. The van der Waals surface area contributed by atoms with E-state index in [-0.39, 0.29) is 16.7 Å². The maximum Gasteiger partial charge on any atom is 0.308 e. The van der Waals surface area contributed by atoms with Gasteiger partial charge in [0, 0.05) is 23.5 Å². The average Bonchev–Trinajstić information content (AvgIpc) is 2.83. The lowest BCUT2D eigenvalue weighted by Crippen LogP contribution is -2.45. The summed E-state index contributed by atoms with van der Waals surface area (Å²) in [7, 11) is 0. The molecular formula is C15H17FN2O2S. The van der Waals surface area contributed by atoms with E-state index in [0.717, 1.165) is 17.9 Å². The fourth-order valence-electron chi connectivity index (χ4n) is 2.50. The van der Waals surface area contributed by atoms with Crippen LogP contribution in [0.1, 0.15) is 6.92 Å². The van der Waals surface area contributed by atoms with Gasteiger partial charge in [0.15, 0.2) is 0 Å². The van der Waals surface area contributed by atoms with Crippen LogP contribution in [0.15, 0.2) is 34.4 Å². The Morgan fingerprint density at radius 2 is 2.24 bits per heavy atom. The summed E-state index contributed by atoms with van der Waals surface area (Å²) in [4.78, 5) is 14.2. The molecule has 1 aliphatic heterocycles. The highest BCUT2D eigenvalue weighted by atomic mass is 32.1. The van der Waals surface area contributed by atoms with E-state index in [9.17, 15) is 9.18 Å². The molecule has 3 rings (SSSR count). The monoisotopic (exact) mass is 308 g/mol. The summed E-state index contributed by atoms with van der Waals surface area (Å²) in [5.74, 6) is -0.306. The predicted octanol–water partition coefficient (Wildman–Crippen LogP) is 2.39. The number of halogens is 1. The zero-order valence-electron chi connectivity index (χ0n) is 11.8. The topological polar surface area (TPSA) is 34.5 Å². The van der Waals surface area contributed by atoms with Crippen molar-refractivity contribution >= 4 is 11.3 Å². The van der Waals surface area contributed by atoms with E-state index in [1.54, 1.807) is 28.1 Å². The molecule has 1 aliphatic rings. The third-order valence-electron chi connectivity index (χ3n) is 3.76. The summed E-state index contributed by atoms with van der Waals surface area (Å²) in [6.07, 6.45) is 0. The van der Waals surface area contributed by atoms with Gasteiger partial charge in [-0.25, -0.2) is 4.39 Å². The van der Waals surface area contributed by atoms with Crippen LogP contribution >= 0.6 is 11.3 Å². The second-order valence-electron chi connectivity index (χ2n) is 5.17. The molecule has 21 heavy (non-hydrogen) atoms. The Morgan fingerprint density at radius 1 is 1.43 bits per heavy atom. The molecule has 1 atom stereocenters. The Labute approximate surface area is 126 Å². The largest absolute Gasteiger partial charge is 0.379 e. The first-order chi connectivity index (χ1) is 10.2. The van der Waals surface area contributed by atoms with Crippen molar-refractivity contribution in [3.05, 3.63) is 45.1 Å². The molecule has 4 nitrogen and oxygen atoms in total. The molecule has 0 aliphatic carbocycles. The zero-order chi connectivity index (χ0) is 14.8. The number of ether oxygens (including phenoxy) is 1. The van der Waals surface area contributed by atoms with E-state index in [0.29, 0.717) is 31.1 Å².